The second kappa shape index (κ2) is 5.46. The smallest absolute Gasteiger partial charge is 0.293 e. The van der Waals surface area contributed by atoms with Gasteiger partial charge < -0.3 is 16.8 Å². The molecule has 1 aromatic carbocycles. The van der Waals surface area contributed by atoms with E-state index in [1.54, 1.807) is 13.8 Å². The van der Waals surface area contributed by atoms with Crippen LogP contribution in [0.4, 0.5) is 11.4 Å². The molecule has 0 unspecified atom stereocenters. The number of nitro benzene ring substituents is 1. The van der Waals surface area contributed by atoms with E-state index in [4.69, 9.17) is 11.5 Å². The van der Waals surface area contributed by atoms with Crippen molar-refractivity contribution in [2.24, 2.45) is 5.73 Å². The van der Waals surface area contributed by atoms with Gasteiger partial charge in [-0.25, -0.2) is 0 Å². The molecule has 1 amide bonds. The number of nitrogens with two attached hydrogens (primary N) is 2. The zero-order chi connectivity index (χ0) is 13.9. The van der Waals surface area contributed by atoms with Crippen LogP contribution in [-0.2, 0) is 0 Å². The molecule has 98 valence electrons. The van der Waals surface area contributed by atoms with E-state index >= 15 is 0 Å². The van der Waals surface area contributed by atoms with Crippen LogP contribution in [0.1, 0.15) is 22.8 Å². The summed E-state index contributed by atoms with van der Waals surface area (Å²) in [5.74, 6) is -0.461. The van der Waals surface area contributed by atoms with Gasteiger partial charge in [-0.15, -0.1) is 0 Å². The fourth-order valence-electron chi connectivity index (χ4n) is 1.48. The summed E-state index contributed by atoms with van der Waals surface area (Å²) in [6.45, 7) is 3.67. The summed E-state index contributed by atoms with van der Waals surface area (Å²) in [7, 11) is 0. The van der Waals surface area contributed by atoms with Gasteiger partial charge in [-0.2, -0.15) is 0 Å². The highest BCUT2D eigenvalue weighted by atomic mass is 16.6. The Bertz CT molecular complexity index is 487. The van der Waals surface area contributed by atoms with Crippen molar-refractivity contribution < 1.29 is 9.72 Å². The third-order valence-electron chi connectivity index (χ3n) is 2.47. The first-order chi connectivity index (χ1) is 8.36. The fraction of sp³-hybridized carbons (Fsp3) is 0.364. The Morgan fingerprint density at radius 2 is 2.17 bits per heavy atom. The van der Waals surface area contributed by atoms with Crippen LogP contribution in [0.15, 0.2) is 12.1 Å². The van der Waals surface area contributed by atoms with E-state index in [1.807, 2.05) is 0 Å². The predicted molar refractivity (Wildman–Crippen MR) is 68.2 cm³/mol. The standard InChI is InChI=1S/C11H16N4O3/c1-6-3-8(11(16)14-7(2)5-12)10(13)9(4-6)15(17)18/h3-4,7H,5,12-13H2,1-2H3,(H,14,16)/t7-/m0/s1. The molecule has 0 aliphatic heterocycles. The van der Waals surface area contributed by atoms with Crippen LogP contribution >= 0.6 is 0 Å². The number of nitrogens with one attached hydrogen (secondary N) is 1. The molecular weight excluding hydrogens is 236 g/mol. The van der Waals surface area contributed by atoms with Gasteiger partial charge in [0.1, 0.15) is 5.69 Å². The number of aryl methyl sites for hydroxylation is 1. The lowest BCUT2D eigenvalue weighted by Gasteiger charge is -2.13. The van der Waals surface area contributed by atoms with Crippen LogP contribution in [0.3, 0.4) is 0 Å². The molecule has 0 aliphatic rings. The Hall–Kier alpha value is -2.15. The summed E-state index contributed by atoms with van der Waals surface area (Å²) in [5.41, 5.74) is 11.3. The van der Waals surface area contributed by atoms with Gasteiger partial charge in [0.15, 0.2) is 0 Å². The maximum atomic E-state index is 11.9. The summed E-state index contributed by atoms with van der Waals surface area (Å²) < 4.78 is 0. The van der Waals surface area contributed by atoms with Crippen molar-refractivity contribution in [3.63, 3.8) is 0 Å². The van der Waals surface area contributed by atoms with Gasteiger partial charge in [-0.3, -0.25) is 14.9 Å². The molecular formula is C11H16N4O3. The lowest BCUT2D eigenvalue weighted by Crippen LogP contribution is -2.38. The number of amides is 1. The number of benzene rings is 1. The Morgan fingerprint density at radius 1 is 1.56 bits per heavy atom. The molecule has 0 heterocycles. The first kappa shape index (κ1) is 13.9. The number of nitrogens with zero attached hydrogens (tertiary/aromatic N) is 1. The number of hydrogen-bond donors (Lipinski definition) is 3. The summed E-state index contributed by atoms with van der Waals surface area (Å²) >= 11 is 0. The monoisotopic (exact) mass is 252 g/mol. The number of hydrogen-bond acceptors (Lipinski definition) is 5. The minimum atomic E-state index is -0.606. The van der Waals surface area contributed by atoms with Crippen molar-refractivity contribution in [2.45, 2.75) is 19.9 Å². The van der Waals surface area contributed by atoms with E-state index in [0.717, 1.165) is 0 Å². The zero-order valence-electron chi connectivity index (χ0n) is 10.3. The highest BCUT2D eigenvalue weighted by Crippen LogP contribution is 2.26. The van der Waals surface area contributed by atoms with Gasteiger partial charge in [0.2, 0.25) is 0 Å². The Balaban J connectivity index is 3.16. The topological polar surface area (TPSA) is 124 Å². The van der Waals surface area contributed by atoms with Gasteiger partial charge in [0.25, 0.3) is 11.6 Å². The molecule has 0 radical (unpaired) electrons. The Kier molecular flexibility index (Phi) is 4.22. The molecule has 0 fully saturated rings. The van der Waals surface area contributed by atoms with E-state index in [9.17, 15) is 14.9 Å². The molecule has 7 heteroatoms. The Labute approximate surface area is 104 Å². The van der Waals surface area contributed by atoms with Gasteiger partial charge in [0.05, 0.1) is 10.5 Å². The summed E-state index contributed by atoms with van der Waals surface area (Å²) in [6, 6.07) is 2.62. The van der Waals surface area contributed by atoms with Crippen molar-refractivity contribution >= 4 is 17.3 Å². The molecule has 1 atom stereocenters. The largest absolute Gasteiger partial charge is 0.393 e. The highest BCUT2D eigenvalue weighted by molar-refractivity contribution is 6.01. The summed E-state index contributed by atoms with van der Waals surface area (Å²) in [6.07, 6.45) is 0. The number of carbonyl (C=O) groups excluding carboxylic acids is 1. The maximum Gasteiger partial charge on any atom is 0.293 e. The molecule has 1 rings (SSSR count). The number of carbonyl (C=O) groups is 1. The third kappa shape index (κ3) is 2.95. The van der Waals surface area contributed by atoms with Crippen molar-refractivity contribution in [3.05, 3.63) is 33.4 Å². The number of nitrogen functional groups attached to an aromatic ring is 1. The van der Waals surface area contributed by atoms with Crippen LogP contribution in [0, 0.1) is 17.0 Å². The molecule has 0 bridgehead atoms. The van der Waals surface area contributed by atoms with E-state index in [1.165, 1.54) is 12.1 Å². The van der Waals surface area contributed by atoms with Gasteiger partial charge in [-0.05, 0) is 25.5 Å². The summed E-state index contributed by atoms with van der Waals surface area (Å²) in [5, 5.41) is 13.4. The van der Waals surface area contributed by atoms with E-state index in [0.29, 0.717) is 5.56 Å². The lowest BCUT2D eigenvalue weighted by atomic mass is 10.1. The van der Waals surface area contributed by atoms with Crippen LogP contribution in [0.5, 0.6) is 0 Å². The van der Waals surface area contributed by atoms with Crippen LogP contribution in [0.25, 0.3) is 0 Å². The second-order valence-corrected chi connectivity index (χ2v) is 4.11. The van der Waals surface area contributed by atoms with Crippen molar-refractivity contribution in [3.8, 4) is 0 Å². The molecule has 0 saturated heterocycles. The van der Waals surface area contributed by atoms with Gasteiger partial charge in [-0.1, -0.05) is 0 Å². The van der Waals surface area contributed by atoms with Crippen LogP contribution in [0.2, 0.25) is 0 Å². The SMILES string of the molecule is Cc1cc(C(=O)N[C@@H](C)CN)c(N)c([N+](=O)[O-])c1. The number of rotatable bonds is 4. The molecule has 18 heavy (non-hydrogen) atoms. The highest BCUT2D eigenvalue weighted by Gasteiger charge is 2.21. The average Bonchev–Trinajstić information content (AvgIpc) is 2.30. The lowest BCUT2D eigenvalue weighted by molar-refractivity contribution is -0.384. The molecule has 0 spiro atoms. The molecule has 0 aliphatic carbocycles. The van der Waals surface area contributed by atoms with Crippen LogP contribution < -0.4 is 16.8 Å². The molecule has 0 aromatic heterocycles. The van der Waals surface area contributed by atoms with Crippen molar-refractivity contribution in [2.75, 3.05) is 12.3 Å². The van der Waals surface area contributed by atoms with Gasteiger partial charge in [0, 0.05) is 18.7 Å². The van der Waals surface area contributed by atoms with Crippen molar-refractivity contribution in [1.82, 2.24) is 5.32 Å². The summed E-state index contributed by atoms with van der Waals surface area (Å²) in [4.78, 5) is 22.1. The van der Waals surface area contributed by atoms with E-state index in [-0.39, 0.29) is 29.5 Å². The third-order valence-corrected chi connectivity index (χ3v) is 2.47. The quantitative estimate of drug-likeness (QED) is 0.410. The minimum absolute atomic E-state index is 0.0991. The predicted octanol–water partition coefficient (Wildman–Crippen LogP) is 0.562. The first-order valence-electron chi connectivity index (χ1n) is 5.42. The molecule has 5 N–H and O–H groups in total. The second-order valence-electron chi connectivity index (χ2n) is 4.11. The molecule has 1 aromatic rings. The van der Waals surface area contributed by atoms with E-state index in [2.05, 4.69) is 5.32 Å². The first-order valence-corrected chi connectivity index (χ1v) is 5.42. The normalized spacial score (nSPS) is 11.9. The number of nitro groups is 1. The minimum Gasteiger partial charge on any atom is -0.393 e. The average molecular weight is 252 g/mol. The Morgan fingerprint density at radius 3 is 2.67 bits per heavy atom. The molecule has 0 saturated carbocycles. The zero-order valence-corrected chi connectivity index (χ0v) is 10.3. The number of anilines is 1. The van der Waals surface area contributed by atoms with Crippen LogP contribution in [-0.4, -0.2) is 23.4 Å². The van der Waals surface area contributed by atoms with Gasteiger partial charge >= 0.3 is 0 Å². The van der Waals surface area contributed by atoms with Crippen molar-refractivity contribution in [1.29, 1.82) is 0 Å². The van der Waals surface area contributed by atoms with E-state index < -0.39 is 10.8 Å². The maximum absolute atomic E-state index is 11.9. The fourth-order valence-corrected chi connectivity index (χ4v) is 1.48. The molecule has 7 nitrogen and oxygen atoms in total.